The van der Waals surface area contributed by atoms with E-state index in [2.05, 4.69) is 69.4 Å². The van der Waals surface area contributed by atoms with Crippen LogP contribution in [0, 0.1) is 0 Å². The van der Waals surface area contributed by atoms with Crippen molar-refractivity contribution in [3.05, 3.63) is 48.6 Å². The molecule has 0 fully saturated rings. The first-order valence-corrected chi connectivity index (χ1v) is 26.6. The number of hydrogen-bond acceptors (Lipinski definition) is 6. The Morgan fingerprint density at radius 2 is 0.597 bits per heavy atom. The third-order valence-electron chi connectivity index (χ3n) is 11.6. The van der Waals surface area contributed by atoms with Crippen LogP contribution in [0.2, 0.25) is 0 Å². The van der Waals surface area contributed by atoms with Crippen LogP contribution in [-0.2, 0) is 28.6 Å². The Labute approximate surface area is 384 Å². The molecule has 0 aromatic rings. The quantitative estimate of drug-likeness (QED) is 0.0262. The van der Waals surface area contributed by atoms with Crippen molar-refractivity contribution in [2.24, 2.45) is 0 Å². The number of esters is 3. The topological polar surface area (TPSA) is 78.9 Å². The van der Waals surface area contributed by atoms with Crippen LogP contribution in [0.4, 0.5) is 0 Å². The van der Waals surface area contributed by atoms with E-state index in [1.54, 1.807) is 0 Å². The Kier molecular flexibility index (Phi) is 48.8. The van der Waals surface area contributed by atoms with Gasteiger partial charge in [0, 0.05) is 19.3 Å². The highest BCUT2D eigenvalue weighted by molar-refractivity contribution is 5.71. The zero-order valence-corrected chi connectivity index (χ0v) is 41.1. The summed E-state index contributed by atoms with van der Waals surface area (Å²) in [6.45, 7) is 6.58. The van der Waals surface area contributed by atoms with Gasteiger partial charge in [-0.05, 0) is 57.8 Å². The molecule has 360 valence electrons. The molecule has 0 aliphatic rings. The third-order valence-corrected chi connectivity index (χ3v) is 11.6. The van der Waals surface area contributed by atoms with Crippen molar-refractivity contribution in [1.29, 1.82) is 0 Å². The van der Waals surface area contributed by atoms with E-state index >= 15 is 0 Å². The molecule has 0 heterocycles. The molecule has 0 aromatic heterocycles. The molecule has 1 unspecified atom stereocenters. The summed E-state index contributed by atoms with van der Waals surface area (Å²) in [6.07, 6.45) is 60.9. The molecule has 0 aromatic carbocycles. The fraction of sp³-hybridized carbons (Fsp3) is 0.804. The van der Waals surface area contributed by atoms with E-state index < -0.39 is 6.10 Å². The Bertz CT molecular complexity index is 1090. The minimum absolute atomic E-state index is 0.0861. The van der Waals surface area contributed by atoms with Gasteiger partial charge in [-0.15, -0.1) is 0 Å². The van der Waals surface area contributed by atoms with Gasteiger partial charge in [0.25, 0.3) is 0 Å². The van der Waals surface area contributed by atoms with Crippen LogP contribution in [0.5, 0.6) is 0 Å². The number of unbranched alkanes of at least 4 members (excludes halogenated alkanes) is 29. The highest BCUT2D eigenvalue weighted by Crippen LogP contribution is 2.16. The van der Waals surface area contributed by atoms with E-state index in [-0.39, 0.29) is 37.5 Å². The first-order valence-electron chi connectivity index (χ1n) is 26.6. The molecule has 0 bridgehead atoms. The van der Waals surface area contributed by atoms with Gasteiger partial charge in [0.05, 0.1) is 0 Å². The second-order valence-electron chi connectivity index (χ2n) is 17.8. The van der Waals surface area contributed by atoms with Crippen molar-refractivity contribution in [3.8, 4) is 0 Å². The lowest BCUT2D eigenvalue weighted by Gasteiger charge is -2.18. The first kappa shape index (κ1) is 59.4. The van der Waals surface area contributed by atoms with Crippen LogP contribution in [0.15, 0.2) is 48.6 Å². The minimum atomic E-state index is -0.790. The summed E-state index contributed by atoms with van der Waals surface area (Å²) in [5.41, 5.74) is 0. The van der Waals surface area contributed by atoms with E-state index in [1.807, 2.05) is 0 Å². The number of carbonyl (C=O) groups is 3. The molecule has 0 amide bonds. The van der Waals surface area contributed by atoms with Crippen LogP contribution in [0.3, 0.4) is 0 Å². The van der Waals surface area contributed by atoms with Gasteiger partial charge in [0.2, 0.25) is 0 Å². The number of carbonyl (C=O) groups excluding carboxylic acids is 3. The normalized spacial score (nSPS) is 12.4. The van der Waals surface area contributed by atoms with Gasteiger partial charge in [-0.1, -0.05) is 243 Å². The van der Waals surface area contributed by atoms with Gasteiger partial charge in [-0.2, -0.15) is 0 Å². The van der Waals surface area contributed by atoms with Crippen molar-refractivity contribution in [2.45, 2.75) is 277 Å². The molecule has 6 heteroatoms. The minimum Gasteiger partial charge on any atom is -0.462 e. The molecule has 0 aliphatic carbocycles. The van der Waals surface area contributed by atoms with Crippen molar-refractivity contribution in [1.82, 2.24) is 0 Å². The Morgan fingerprint density at radius 3 is 0.968 bits per heavy atom. The van der Waals surface area contributed by atoms with E-state index in [1.165, 1.54) is 161 Å². The maximum atomic E-state index is 12.8. The Morgan fingerprint density at radius 1 is 0.323 bits per heavy atom. The molecule has 0 aliphatic heterocycles. The fourth-order valence-electron chi connectivity index (χ4n) is 7.55. The summed E-state index contributed by atoms with van der Waals surface area (Å²) in [6, 6.07) is 0. The molecule has 6 nitrogen and oxygen atoms in total. The largest absolute Gasteiger partial charge is 0.462 e. The second-order valence-corrected chi connectivity index (χ2v) is 17.8. The van der Waals surface area contributed by atoms with E-state index in [9.17, 15) is 14.4 Å². The number of allylic oxidation sites excluding steroid dienone is 8. The SMILES string of the molecule is CCCCC/C=C\C/C=C\C/C=C\C/C=C\CCCC(=O)OCC(COC(=O)CCCCCCCCCCCCCCC)OC(=O)CCCCCCCCCCCCCCCC. The molecule has 62 heavy (non-hydrogen) atoms. The molecule has 0 saturated heterocycles. The van der Waals surface area contributed by atoms with Crippen LogP contribution in [-0.4, -0.2) is 37.2 Å². The van der Waals surface area contributed by atoms with Crippen LogP contribution < -0.4 is 0 Å². The van der Waals surface area contributed by atoms with E-state index in [0.717, 1.165) is 64.2 Å². The summed E-state index contributed by atoms with van der Waals surface area (Å²) in [4.78, 5) is 38.0. The summed E-state index contributed by atoms with van der Waals surface area (Å²) in [5, 5.41) is 0. The first-order chi connectivity index (χ1) is 30.5. The molecule has 1 atom stereocenters. The summed E-state index contributed by atoms with van der Waals surface area (Å²) >= 11 is 0. The monoisotopic (exact) mass is 869 g/mol. The molecule has 0 spiro atoms. The van der Waals surface area contributed by atoms with E-state index in [0.29, 0.717) is 19.3 Å². The van der Waals surface area contributed by atoms with E-state index in [4.69, 9.17) is 14.2 Å². The van der Waals surface area contributed by atoms with Crippen molar-refractivity contribution >= 4 is 17.9 Å². The van der Waals surface area contributed by atoms with Gasteiger partial charge < -0.3 is 14.2 Å². The van der Waals surface area contributed by atoms with Crippen molar-refractivity contribution in [3.63, 3.8) is 0 Å². The van der Waals surface area contributed by atoms with Gasteiger partial charge in [-0.3, -0.25) is 14.4 Å². The van der Waals surface area contributed by atoms with Crippen molar-refractivity contribution < 1.29 is 28.6 Å². The number of hydrogen-bond donors (Lipinski definition) is 0. The lowest BCUT2D eigenvalue weighted by Crippen LogP contribution is -2.30. The molecule has 0 radical (unpaired) electrons. The fourth-order valence-corrected chi connectivity index (χ4v) is 7.55. The Hall–Kier alpha value is -2.63. The predicted octanol–water partition coefficient (Wildman–Crippen LogP) is 17.5. The standard InChI is InChI=1S/C56H100O6/c1-4-7-10-13-16-19-22-25-27-28-29-32-34-37-40-43-46-49-55(58)61-52-53(51-60-54(57)48-45-42-39-36-33-30-24-21-18-15-12-9-6-3)62-56(59)50-47-44-41-38-35-31-26-23-20-17-14-11-8-5-2/h16,19,25,27,29,32,37,40,53H,4-15,17-18,20-24,26,28,30-31,33-36,38-39,41-52H2,1-3H3/b19-16-,27-25-,32-29-,40-37-. The maximum absolute atomic E-state index is 12.8. The van der Waals surface area contributed by atoms with Gasteiger partial charge in [-0.25, -0.2) is 0 Å². The number of ether oxygens (including phenoxy) is 3. The second kappa shape index (κ2) is 51.0. The summed E-state index contributed by atoms with van der Waals surface area (Å²) < 4.78 is 16.8. The zero-order chi connectivity index (χ0) is 45.1. The van der Waals surface area contributed by atoms with Crippen LogP contribution >= 0.6 is 0 Å². The van der Waals surface area contributed by atoms with Crippen molar-refractivity contribution in [2.75, 3.05) is 13.2 Å². The third kappa shape index (κ3) is 48.4. The predicted molar refractivity (Wildman–Crippen MR) is 265 cm³/mol. The summed E-state index contributed by atoms with van der Waals surface area (Å²) in [7, 11) is 0. The van der Waals surface area contributed by atoms with Gasteiger partial charge in [0.15, 0.2) is 6.10 Å². The molecule has 0 saturated carbocycles. The highest BCUT2D eigenvalue weighted by atomic mass is 16.6. The number of rotatable bonds is 48. The smallest absolute Gasteiger partial charge is 0.306 e. The lowest BCUT2D eigenvalue weighted by molar-refractivity contribution is -0.167. The molecule has 0 rings (SSSR count). The van der Waals surface area contributed by atoms with Gasteiger partial charge >= 0.3 is 17.9 Å². The average Bonchev–Trinajstić information content (AvgIpc) is 3.27. The Balaban J connectivity index is 4.43. The summed E-state index contributed by atoms with van der Waals surface area (Å²) in [5.74, 6) is -0.934. The molecular weight excluding hydrogens is 769 g/mol. The van der Waals surface area contributed by atoms with Gasteiger partial charge in [0.1, 0.15) is 13.2 Å². The molecular formula is C56H100O6. The van der Waals surface area contributed by atoms with Crippen LogP contribution in [0.25, 0.3) is 0 Å². The zero-order valence-electron chi connectivity index (χ0n) is 41.1. The highest BCUT2D eigenvalue weighted by Gasteiger charge is 2.19. The lowest BCUT2D eigenvalue weighted by atomic mass is 10.0. The molecule has 0 N–H and O–H groups in total. The van der Waals surface area contributed by atoms with Crippen LogP contribution in [0.1, 0.15) is 271 Å². The average molecular weight is 869 g/mol. The maximum Gasteiger partial charge on any atom is 0.306 e.